The van der Waals surface area contributed by atoms with Gasteiger partial charge >= 0.3 is 0 Å². The third-order valence-electron chi connectivity index (χ3n) is 2.52. The summed E-state index contributed by atoms with van der Waals surface area (Å²) in [4.78, 5) is 7.76. The molecule has 3 N–H and O–H groups in total. The summed E-state index contributed by atoms with van der Waals surface area (Å²) in [5.74, 6) is 0.122. The van der Waals surface area contributed by atoms with E-state index in [4.69, 9.17) is 28.9 Å². The van der Waals surface area contributed by atoms with Crippen LogP contribution < -0.4 is 11.1 Å². The highest BCUT2D eigenvalue weighted by molar-refractivity contribution is 6.30. The van der Waals surface area contributed by atoms with E-state index >= 15 is 0 Å². The molecule has 0 fully saturated rings. The smallest absolute Gasteiger partial charge is 0.223 e. The first-order valence-corrected chi connectivity index (χ1v) is 6.23. The van der Waals surface area contributed by atoms with Crippen LogP contribution in [-0.4, -0.2) is 9.97 Å². The molecule has 0 saturated heterocycles. The largest absolute Gasteiger partial charge is 0.368 e. The molecule has 7 heteroatoms. The van der Waals surface area contributed by atoms with Gasteiger partial charge in [-0.15, -0.1) is 0 Å². The summed E-state index contributed by atoms with van der Waals surface area (Å²) in [5, 5.41) is 3.41. The summed E-state index contributed by atoms with van der Waals surface area (Å²) in [6.45, 7) is 1.88. The molecule has 0 radical (unpaired) electrons. The van der Waals surface area contributed by atoms with Crippen LogP contribution in [0.1, 0.15) is 18.5 Å². The van der Waals surface area contributed by atoms with Crippen molar-refractivity contribution in [1.29, 1.82) is 0 Å². The quantitative estimate of drug-likeness (QED) is 0.849. The predicted octanol–water partition coefficient (Wildman–Crippen LogP) is 3.68. The van der Waals surface area contributed by atoms with Crippen LogP contribution in [0.15, 0.2) is 24.3 Å². The second-order valence-electron chi connectivity index (χ2n) is 3.97. The first-order chi connectivity index (χ1) is 8.95. The molecule has 0 amide bonds. The monoisotopic (exact) mass is 300 g/mol. The van der Waals surface area contributed by atoms with Gasteiger partial charge < -0.3 is 11.1 Å². The van der Waals surface area contributed by atoms with Crippen molar-refractivity contribution in [3.63, 3.8) is 0 Å². The molecule has 0 aliphatic rings. The Bertz CT molecular complexity index is 586. The highest BCUT2D eigenvalue weighted by Crippen LogP contribution is 2.24. The molecule has 0 saturated carbocycles. The van der Waals surface area contributed by atoms with Crippen molar-refractivity contribution in [2.45, 2.75) is 13.0 Å². The van der Waals surface area contributed by atoms with Gasteiger partial charge in [-0.3, -0.25) is 0 Å². The van der Waals surface area contributed by atoms with Crippen molar-refractivity contribution in [3.05, 3.63) is 45.8 Å². The fourth-order valence-electron chi connectivity index (χ4n) is 1.60. The van der Waals surface area contributed by atoms with E-state index in [-0.39, 0.29) is 22.2 Å². The molecule has 0 aliphatic heterocycles. The molecule has 1 aromatic heterocycles. The van der Waals surface area contributed by atoms with Crippen LogP contribution in [0, 0.1) is 5.82 Å². The predicted molar refractivity (Wildman–Crippen MR) is 74.9 cm³/mol. The van der Waals surface area contributed by atoms with Gasteiger partial charge in [-0.25, -0.2) is 9.37 Å². The Balaban J connectivity index is 2.20. The Morgan fingerprint density at radius 2 is 2.00 bits per heavy atom. The number of rotatable bonds is 3. The van der Waals surface area contributed by atoms with Gasteiger partial charge in [-0.1, -0.05) is 29.3 Å². The van der Waals surface area contributed by atoms with Crippen molar-refractivity contribution < 1.29 is 4.39 Å². The Morgan fingerprint density at radius 3 is 2.63 bits per heavy atom. The van der Waals surface area contributed by atoms with Gasteiger partial charge in [0.05, 0.1) is 5.02 Å². The van der Waals surface area contributed by atoms with E-state index in [9.17, 15) is 4.39 Å². The minimum atomic E-state index is -0.452. The van der Waals surface area contributed by atoms with Crippen molar-refractivity contribution in [3.8, 4) is 0 Å². The molecule has 1 unspecified atom stereocenters. The standard InChI is InChI=1S/C12H11Cl2FN4/c1-6(7-2-3-9(15)8(13)4-7)17-11-5-10(14)18-12(16)19-11/h2-6H,1H3,(H3,16,17,18,19). The molecule has 1 atom stereocenters. The number of nitrogens with two attached hydrogens (primary N) is 1. The Labute approximate surface area is 119 Å². The number of nitrogens with zero attached hydrogens (tertiary/aromatic N) is 2. The highest BCUT2D eigenvalue weighted by atomic mass is 35.5. The topological polar surface area (TPSA) is 63.8 Å². The van der Waals surface area contributed by atoms with E-state index in [0.717, 1.165) is 5.56 Å². The van der Waals surface area contributed by atoms with E-state index in [1.54, 1.807) is 18.2 Å². The van der Waals surface area contributed by atoms with Crippen LogP contribution in [-0.2, 0) is 0 Å². The van der Waals surface area contributed by atoms with Crippen molar-refractivity contribution in [2.24, 2.45) is 0 Å². The van der Waals surface area contributed by atoms with Crippen LogP contribution in [0.3, 0.4) is 0 Å². The summed E-state index contributed by atoms with van der Waals surface area (Å²) in [6, 6.07) is 5.94. The Morgan fingerprint density at radius 1 is 1.26 bits per heavy atom. The molecular weight excluding hydrogens is 290 g/mol. The van der Waals surface area contributed by atoms with Crippen LogP contribution in [0.2, 0.25) is 10.2 Å². The maximum Gasteiger partial charge on any atom is 0.223 e. The van der Waals surface area contributed by atoms with Gasteiger partial charge in [-0.2, -0.15) is 4.98 Å². The summed E-state index contributed by atoms with van der Waals surface area (Å²) in [7, 11) is 0. The first-order valence-electron chi connectivity index (χ1n) is 5.47. The molecule has 0 bridgehead atoms. The van der Waals surface area contributed by atoms with E-state index in [1.165, 1.54) is 6.07 Å². The maximum absolute atomic E-state index is 13.1. The summed E-state index contributed by atoms with van der Waals surface area (Å²) >= 11 is 11.5. The number of benzene rings is 1. The fourth-order valence-corrected chi connectivity index (χ4v) is 1.97. The lowest BCUT2D eigenvalue weighted by Crippen LogP contribution is -2.09. The zero-order chi connectivity index (χ0) is 14.0. The first kappa shape index (κ1) is 13.8. The number of nitrogen functional groups attached to an aromatic ring is 1. The van der Waals surface area contributed by atoms with E-state index < -0.39 is 5.82 Å². The third-order valence-corrected chi connectivity index (χ3v) is 3.00. The van der Waals surface area contributed by atoms with Crippen LogP contribution in [0.25, 0.3) is 0 Å². The van der Waals surface area contributed by atoms with E-state index in [0.29, 0.717) is 5.82 Å². The molecule has 1 aromatic carbocycles. The van der Waals surface area contributed by atoms with E-state index in [1.807, 2.05) is 6.92 Å². The third kappa shape index (κ3) is 3.45. The maximum atomic E-state index is 13.1. The summed E-state index contributed by atoms with van der Waals surface area (Å²) < 4.78 is 13.1. The Kier molecular flexibility index (Phi) is 4.07. The van der Waals surface area contributed by atoms with Gasteiger partial charge in [0.25, 0.3) is 0 Å². The lowest BCUT2D eigenvalue weighted by molar-refractivity contribution is 0.627. The molecule has 0 aliphatic carbocycles. The normalized spacial score (nSPS) is 12.2. The fraction of sp³-hybridized carbons (Fsp3) is 0.167. The SMILES string of the molecule is CC(Nc1cc(Cl)nc(N)n1)c1ccc(F)c(Cl)c1. The molecule has 4 nitrogen and oxygen atoms in total. The van der Waals surface area contributed by atoms with Gasteiger partial charge in [-0.05, 0) is 24.6 Å². The number of aromatic nitrogens is 2. The number of anilines is 2. The van der Waals surface area contributed by atoms with Gasteiger partial charge in [0, 0.05) is 12.1 Å². The minimum Gasteiger partial charge on any atom is -0.368 e. The zero-order valence-electron chi connectivity index (χ0n) is 9.99. The van der Waals surface area contributed by atoms with Crippen LogP contribution in [0.5, 0.6) is 0 Å². The second-order valence-corrected chi connectivity index (χ2v) is 4.77. The number of hydrogen-bond donors (Lipinski definition) is 2. The van der Waals surface area contributed by atoms with Gasteiger partial charge in [0.15, 0.2) is 0 Å². The van der Waals surface area contributed by atoms with Crippen LogP contribution >= 0.6 is 23.2 Å². The minimum absolute atomic E-state index is 0.0754. The van der Waals surface area contributed by atoms with Gasteiger partial charge in [0.1, 0.15) is 16.8 Å². The van der Waals surface area contributed by atoms with Crippen molar-refractivity contribution >= 4 is 35.0 Å². The number of halogens is 3. The van der Waals surface area contributed by atoms with Gasteiger partial charge in [0.2, 0.25) is 5.95 Å². The molecule has 2 aromatic rings. The average Bonchev–Trinajstić information content (AvgIpc) is 2.31. The van der Waals surface area contributed by atoms with Crippen LogP contribution in [0.4, 0.5) is 16.2 Å². The molecule has 2 rings (SSSR count). The second kappa shape index (κ2) is 5.59. The summed E-state index contributed by atoms with van der Waals surface area (Å²) in [5.41, 5.74) is 6.32. The number of hydrogen-bond acceptors (Lipinski definition) is 4. The average molecular weight is 301 g/mol. The Hall–Kier alpha value is -1.59. The highest BCUT2D eigenvalue weighted by Gasteiger charge is 2.10. The molecule has 19 heavy (non-hydrogen) atoms. The lowest BCUT2D eigenvalue weighted by atomic mass is 10.1. The summed E-state index contributed by atoms with van der Waals surface area (Å²) in [6.07, 6.45) is 0. The van der Waals surface area contributed by atoms with Crippen molar-refractivity contribution in [2.75, 3.05) is 11.1 Å². The molecule has 100 valence electrons. The van der Waals surface area contributed by atoms with E-state index in [2.05, 4.69) is 15.3 Å². The number of nitrogens with one attached hydrogen (secondary N) is 1. The van der Waals surface area contributed by atoms with Crippen molar-refractivity contribution in [1.82, 2.24) is 9.97 Å². The zero-order valence-corrected chi connectivity index (χ0v) is 11.5. The lowest BCUT2D eigenvalue weighted by Gasteiger charge is -2.15. The molecule has 0 spiro atoms. The molecular formula is C12H11Cl2FN4. The molecule has 1 heterocycles.